The minimum atomic E-state index is 0.199. The lowest BCUT2D eigenvalue weighted by atomic mass is 9.94. The summed E-state index contributed by atoms with van der Waals surface area (Å²) in [4.78, 5) is 6.88. The summed E-state index contributed by atoms with van der Waals surface area (Å²) in [6, 6.07) is 6.26. The first-order chi connectivity index (χ1) is 10.2. The van der Waals surface area contributed by atoms with Gasteiger partial charge in [-0.25, -0.2) is 4.98 Å². The van der Waals surface area contributed by atoms with Gasteiger partial charge in [0.15, 0.2) is 11.5 Å². The molecule has 0 amide bonds. The Labute approximate surface area is 123 Å². The predicted molar refractivity (Wildman–Crippen MR) is 81.8 cm³/mol. The van der Waals surface area contributed by atoms with Gasteiger partial charge in [0.25, 0.3) is 0 Å². The third-order valence-electron chi connectivity index (χ3n) is 4.55. The fourth-order valence-electron chi connectivity index (χ4n) is 3.09. The van der Waals surface area contributed by atoms with Crippen LogP contribution >= 0.6 is 0 Å². The molecule has 110 valence electrons. The largest absolute Gasteiger partial charge is 0.454 e. The summed E-state index contributed by atoms with van der Waals surface area (Å²) in [6.45, 7) is 4.36. The Kier molecular flexibility index (Phi) is 2.89. The first-order valence-electron chi connectivity index (χ1n) is 7.41. The standard InChI is InChI=1S/C16H19N3O2/c1-10-3-5-19(8-13(10)17)16-12-7-15-14(20-9-21-15)6-11(12)2-4-18-16/h2,4,6-7,10,13H,3,5,8-9,17H2,1H3. The van der Waals surface area contributed by atoms with E-state index in [-0.39, 0.29) is 6.04 Å². The van der Waals surface area contributed by atoms with E-state index >= 15 is 0 Å². The molecule has 2 aliphatic heterocycles. The van der Waals surface area contributed by atoms with Gasteiger partial charge in [-0.3, -0.25) is 0 Å². The van der Waals surface area contributed by atoms with E-state index in [1.165, 1.54) is 0 Å². The van der Waals surface area contributed by atoms with Crippen LogP contribution in [0, 0.1) is 5.92 Å². The number of aromatic nitrogens is 1. The van der Waals surface area contributed by atoms with Gasteiger partial charge < -0.3 is 20.1 Å². The van der Waals surface area contributed by atoms with Crippen molar-refractivity contribution < 1.29 is 9.47 Å². The Morgan fingerprint density at radius 2 is 2.10 bits per heavy atom. The predicted octanol–water partition coefficient (Wildman–Crippen LogP) is 2.14. The molecule has 0 spiro atoms. The van der Waals surface area contributed by atoms with E-state index in [9.17, 15) is 0 Å². The van der Waals surface area contributed by atoms with Crippen molar-refractivity contribution in [1.82, 2.24) is 4.98 Å². The van der Waals surface area contributed by atoms with Crippen LogP contribution in [0.4, 0.5) is 5.82 Å². The molecule has 0 saturated carbocycles. The Balaban J connectivity index is 1.78. The van der Waals surface area contributed by atoms with E-state index in [2.05, 4.69) is 16.8 Å². The van der Waals surface area contributed by atoms with E-state index in [0.717, 1.165) is 47.6 Å². The van der Waals surface area contributed by atoms with Gasteiger partial charge in [0.2, 0.25) is 6.79 Å². The van der Waals surface area contributed by atoms with Crippen molar-refractivity contribution >= 4 is 16.6 Å². The van der Waals surface area contributed by atoms with Crippen LogP contribution in [0.5, 0.6) is 11.5 Å². The molecule has 5 heteroatoms. The van der Waals surface area contributed by atoms with Gasteiger partial charge in [0.1, 0.15) is 5.82 Å². The molecule has 1 aromatic heterocycles. The highest BCUT2D eigenvalue weighted by atomic mass is 16.7. The van der Waals surface area contributed by atoms with Crippen LogP contribution in [0.25, 0.3) is 10.8 Å². The number of hydrogen-bond donors (Lipinski definition) is 1. The first kappa shape index (κ1) is 12.7. The SMILES string of the molecule is CC1CCN(c2nccc3cc4c(cc23)OCO4)CC1N. The van der Waals surface area contributed by atoms with E-state index in [0.29, 0.717) is 12.7 Å². The summed E-state index contributed by atoms with van der Waals surface area (Å²) in [5, 5.41) is 2.22. The highest BCUT2D eigenvalue weighted by Crippen LogP contribution is 2.39. The van der Waals surface area contributed by atoms with Crippen molar-refractivity contribution in [3.63, 3.8) is 0 Å². The van der Waals surface area contributed by atoms with Crippen LogP contribution in [-0.2, 0) is 0 Å². The van der Waals surface area contributed by atoms with E-state index < -0.39 is 0 Å². The zero-order valence-corrected chi connectivity index (χ0v) is 12.1. The molecule has 2 N–H and O–H groups in total. The number of fused-ring (bicyclic) bond motifs is 2. The summed E-state index contributed by atoms with van der Waals surface area (Å²) in [5.74, 6) is 3.17. The number of hydrogen-bond acceptors (Lipinski definition) is 5. The van der Waals surface area contributed by atoms with Crippen molar-refractivity contribution in [2.24, 2.45) is 11.7 Å². The number of anilines is 1. The van der Waals surface area contributed by atoms with Gasteiger partial charge in [-0.05, 0) is 35.9 Å². The van der Waals surface area contributed by atoms with E-state index in [1.54, 1.807) is 0 Å². The topological polar surface area (TPSA) is 60.6 Å². The van der Waals surface area contributed by atoms with Gasteiger partial charge in [0, 0.05) is 30.7 Å². The minimum absolute atomic E-state index is 0.199. The van der Waals surface area contributed by atoms with Gasteiger partial charge in [-0.2, -0.15) is 0 Å². The summed E-state index contributed by atoms with van der Waals surface area (Å²) >= 11 is 0. The molecule has 1 fully saturated rings. The van der Waals surface area contributed by atoms with Gasteiger partial charge in [-0.15, -0.1) is 0 Å². The van der Waals surface area contributed by atoms with Crippen molar-refractivity contribution in [3.8, 4) is 11.5 Å². The molecule has 2 unspecified atom stereocenters. The summed E-state index contributed by atoms with van der Waals surface area (Å²) in [6.07, 6.45) is 2.95. The number of piperidine rings is 1. The molecule has 0 radical (unpaired) electrons. The molecule has 5 nitrogen and oxygen atoms in total. The molecule has 3 heterocycles. The Morgan fingerprint density at radius 1 is 1.29 bits per heavy atom. The molecule has 0 bridgehead atoms. The highest BCUT2D eigenvalue weighted by Gasteiger charge is 2.25. The molecule has 4 rings (SSSR count). The molecular weight excluding hydrogens is 266 g/mol. The lowest BCUT2D eigenvalue weighted by Gasteiger charge is -2.36. The number of ether oxygens (including phenoxy) is 2. The maximum absolute atomic E-state index is 6.23. The van der Waals surface area contributed by atoms with Crippen LogP contribution in [0.1, 0.15) is 13.3 Å². The second kappa shape index (κ2) is 4.77. The zero-order valence-electron chi connectivity index (χ0n) is 12.1. The molecule has 21 heavy (non-hydrogen) atoms. The second-order valence-corrected chi connectivity index (χ2v) is 5.94. The average Bonchev–Trinajstić information content (AvgIpc) is 2.94. The Morgan fingerprint density at radius 3 is 2.90 bits per heavy atom. The van der Waals surface area contributed by atoms with Gasteiger partial charge in [-0.1, -0.05) is 6.92 Å². The molecule has 2 aliphatic rings. The normalized spacial score (nSPS) is 24.6. The van der Waals surface area contributed by atoms with Crippen LogP contribution in [0.3, 0.4) is 0 Å². The van der Waals surface area contributed by atoms with Crippen LogP contribution in [0.2, 0.25) is 0 Å². The molecule has 2 atom stereocenters. The lowest BCUT2D eigenvalue weighted by Crippen LogP contribution is -2.47. The lowest BCUT2D eigenvalue weighted by molar-refractivity contribution is 0.174. The number of pyridine rings is 1. The smallest absolute Gasteiger partial charge is 0.231 e. The number of rotatable bonds is 1. The second-order valence-electron chi connectivity index (χ2n) is 5.94. The summed E-state index contributed by atoms with van der Waals surface area (Å²) in [7, 11) is 0. The van der Waals surface area contributed by atoms with E-state index in [4.69, 9.17) is 15.2 Å². The fourth-order valence-corrected chi connectivity index (χ4v) is 3.09. The third kappa shape index (κ3) is 2.08. The van der Waals surface area contributed by atoms with Crippen LogP contribution < -0.4 is 20.1 Å². The summed E-state index contributed by atoms with van der Waals surface area (Å²) < 4.78 is 10.9. The average molecular weight is 285 g/mol. The number of benzene rings is 1. The minimum Gasteiger partial charge on any atom is -0.454 e. The third-order valence-corrected chi connectivity index (χ3v) is 4.55. The molecule has 1 saturated heterocycles. The van der Waals surface area contributed by atoms with Crippen LogP contribution in [-0.4, -0.2) is 30.9 Å². The Hall–Kier alpha value is -2.01. The molecule has 2 aromatic rings. The number of nitrogens with two attached hydrogens (primary N) is 1. The van der Waals surface area contributed by atoms with Gasteiger partial charge >= 0.3 is 0 Å². The van der Waals surface area contributed by atoms with Crippen LogP contribution in [0.15, 0.2) is 24.4 Å². The maximum atomic E-state index is 6.23. The zero-order chi connectivity index (χ0) is 14.4. The van der Waals surface area contributed by atoms with Gasteiger partial charge in [0.05, 0.1) is 0 Å². The highest BCUT2D eigenvalue weighted by molar-refractivity contribution is 5.94. The van der Waals surface area contributed by atoms with Crippen molar-refractivity contribution in [3.05, 3.63) is 24.4 Å². The fraction of sp³-hybridized carbons (Fsp3) is 0.438. The van der Waals surface area contributed by atoms with Crippen molar-refractivity contribution in [1.29, 1.82) is 0 Å². The summed E-state index contributed by atoms with van der Waals surface area (Å²) in [5.41, 5.74) is 6.23. The molecular formula is C16H19N3O2. The molecule has 1 aromatic carbocycles. The number of nitrogens with zero attached hydrogens (tertiary/aromatic N) is 2. The van der Waals surface area contributed by atoms with Crippen molar-refractivity contribution in [2.45, 2.75) is 19.4 Å². The monoisotopic (exact) mass is 285 g/mol. The maximum Gasteiger partial charge on any atom is 0.231 e. The first-order valence-corrected chi connectivity index (χ1v) is 7.41. The van der Waals surface area contributed by atoms with E-state index in [1.807, 2.05) is 24.4 Å². The quantitative estimate of drug-likeness (QED) is 0.870. The Bertz CT molecular complexity index is 689. The van der Waals surface area contributed by atoms with Crippen molar-refractivity contribution in [2.75, 3.05) is 24.8 Å². The molecule has 0 aliphatic carbocycles.